The molecule has 0 aliphatic heterocycles. The lowest BCUT2D eigenvalue weighted by molar-refractivity contribution is -0.117. The van der Waals surface area contributed by atoms with Gasteiger partial charge in [-0.2, -0.15) is 10.4 Å². The van der Waals surface area contributed by atoms with E-state index in [4.69, 9.17) is 5.10 Å². The van der Waals surface area contributed by atoms with E-state index in [-0.39, 0.29) is 5.57 Å². The summed E-state index contributed by atoms with van der Waals surface area (Å²) in [6.45, 7) is 3.37. The molecule has 7 nitrogen and oxygen atoms in total. The lowest BCUT2D eigenvalue weighted by Gasteiger charge is -2.05. The molecule has 0 bridgehead atoms. The average Bonchev–Trinajstić information content (AvgIpc) is 3.59. The second kappa shape index (κ2) is 12.6. The van der Waals surface area contributed by atoms with Crippen LogP contribution < -0.4 is 5.32 Å². The molecule has 1 N–H and O–H groups in total. The number of nitrogens with one attached hydrogen (secondary N) is 1. The van der Waals surface area contributed by atoms with Crippen molar-refractivity contribution < 1.29 is 4.79 Å². The van der Waals surface area contributed by atoms with Crippen LogP contribution in [0.25, 0.3) is 23.0 Å². The third-order valence-electron chi connectivity index (χ3n) is 5.47. The molecule has 4 rings (SSSR count). The van der Waals surface area contributed by atoms with Gasteiger partial charge < -0.3 is 9.88 Å². The summed E-state index contributed by atoms with van der Waals surface area (Å²) in [5, 5.41) is 17.4. The molecular weight excluding hydrogens is 468 g/mol. The highest BCUT2D eigenvalue weighted by Crippen LogP contribution is 2.28. The zero-order chi connectivity index (χ0) is 25.2. The fourth-order valence-electron chi connectivity index (χ4n) is 3.64. The number of benzene rings is 2. The number of imidazole rings is 1. The van der Waals surface area contributed by atoms with E-state index in [1.165, 1.54) is 4.90 Å². The van der Waals surface area contributed by atoms with Crippen LogP contribution in [0.15, 0.2) is 90.0 Å². The standard InChI is InChI=1S/C28H28N6OS/c1-2-17-36-26-11-9-22(10-12-26)27-24(20-34(32-27)25-7-4-3-5-8-25)18-23(19-29)28(35)31-13-6-15-33-16-14-30-21-33/h3-5,7-12,14,16,18,20-21H,2,6,13,15,17H2,1H3,(H,31,35). The van der Waals surface area contributed by atoms with E-state index in [0.717, 1.165) is 36.4 Å². The third kappa shape index (κ3) is 6.52. The summed E-state index contributed by atoms with van der Waals surface area (Å²) in [7, 11) is 0. The van der Waals surface area contributed by atoms with Gasteiger partial charge in [-0.3, -0.25) is 4.79 Å². The Morgan fingerprint density at radius 3 is 2.67 bits per heavy atom. The van der Waals surface area contributed by atoms with Crippen molar-refractivity contribution >= 4 is 23.7 Å². The Kier molecular flexibility index (Phi) is 8.73. The summed E-state index contributed by atoms with van der Waals surface area (Å²) < 4.78 is 3.72. The van der Waals surface area contributed by atoms with Crippen molar-refractivity contribution in [1.29, 1.82) is 5.26 Å². The summed E-state index contributed by atoms with van der Waals surface area (Å²) in [4.78, 5) is 18.0. The quantitative estimate of drug-likeness (QED) is 0.131. The van der Waals surface area contributed by atoms with Gasteiger partial charge in [-0.15, -0.1) is 11.8 Å². The molecule has 0 saturated carbocycles. The van der Waals surface area contributed by atoms with Crippen LogP contribution in [0, 0.1) is 11.3 Å². The van der Waals surface area contributed by atoms with Gasteiger partial charge in [-0.25, -0.2) is 9.67 Å². The molecule has 0 saturated heterocycles. The minimum Gasteiger partial charge on any atom is -0.351 e. The Morgan fingerprint density at radius 1 is 1.17 bits per heavy atom. The first-order valence-corrected chi connectivity index (χ1v) is 12.9. The number of hydrogen-bond acceptors (Lipinski definition) is 5. The number of aromatic nitrogens is 4. The summed E-state index contributed by atoms with van der Waals surface area (Å²) in [6, 6.07) is 20.1. The number of hydrogen-bond donors (Lipinski definition) is 1. The number of para-hydroxylation sites is 1. The summed E-state index contributed by atoms with van der Waals surface area (Å²) >= 11 is 1.82. The average molecular weight is 497 g/mol. The van der Waals surface area contributed by atoms with Crippen LogP contribution in [0.1, 0.15) is 25.3 Å². The molecule has 2 heterocycles. The van der Waals surface area contributed by atoms with Crippen LogP contribution in [0.2, 0.25) is 0 Å². The van der Waals surface area contributed by atoms with Gasteiger partial charge in [-0.05, 0) is 48.9 Å². The molecule has 0 atom stereocenters. The van der Waals surface area contributed by atoms with Crippen LogP contribution in [0.3, 0.4) is 0 Å². The maximum absolute atomic E-state index is 12.8. The lowest BCUT2D eigenvalue weighted by Crippen LogP contribution is -2.26. The number of thioether (sulfide) groups is 1. The number of rotatable bonds is 11. The predicted octanol–water partition coefficient (Wildman–Crippen LogP) is 5.35. The molecule has 0 spiro atoms. The second-order valence-corrected chi connectivity index (χ2v) is 9.33. The van der Waals surface area contributed by atoms with Gasteiger partial charge in [0.2, 0.25) is 0 Å². The molecule has 0 fully saturated rings. The first-order valence-electron chi connectivity index (χ1n) is 11.9. The topological polar surface area (TPSA) is 88.5 Å². The van der Waals surface area contributed by atoms with Crippen molar-refractivity contribution in [1.82, 2.24) is 24.6 Å². The van der Waals surface area contributed by atoms with E-state index < -0.39 is 5.91 Å². The van der Waals surface area contributed by atoms with Crippen molar-refractivity contribution in [2.45, 2.75) is 31.2 Å². The molecule has 0 radical (unpaired) electrons. The molecule has 8 heteroatoms. The van der Waals surface area contributed by atoms with Gasteiger partial charge in [0.05, 0.1) is 17.7 Å². The van der Waals surface area contributed by atoms with E-state index in [1.807, 2.05) is 71.2 Å². The highest BCUT2D eigenvalue weighted by atomic mass is 32.2. The van der Waals surface area contributed by atoms with Crippen LogP contribution >= 0.6 is 11.8 Å². The second-order valence-electron chi connectivity index (χ2n) is 8.17. The zero-order valence-corrected chi connectivity index (χ0v) is 21.0. The Balaban J connectivity index is 1.57. The smallest absolute Gasteiger partial charge is 0.261 e. The van der Waals surface area contributed by atoms with Gasteiger partial charge in [0.15, 0.2) is 0 Å². The normalized spacial score (nSPS) is 11.3. The van der Waals surface area contributed by atoms with Crippen molar-refractivity contribution in [3.63, 3.8) is 0 Å². The van der Waals surface area contributed by atoms with Gasteiger partial charge in [0, 0.05) is 47.7 Å². The number of nitriles is 1. The van der Waals surface area contributed by atoms with Crippen LogP contribution in [-0.4, -0.2) is 37.5 Å². The molecule has 2 aromatic carbocycles. The van der Waals surface area contributed by atoms with Gasteiger partial charge in [0.25, 0.3) is 5.91 Å². The largest absolute Gasteiger partial charge is 0.351 e. The molecule has 1 amide bonds. The minimum absolute atomic E-state index is 0.0432. The van der Waals surface area contributed by atoms with Gasteiger partial charge in [-0.1, -0.05) is 37.3 Å². The van der Waals surface area contributed by atoms with Crippen molar-refractivity contribution in [3.8, 4) is 23.0 Å². The number of carbonyl (C=O) groups excluding carboxylic acids is 1. The van der Waals surface area contributed by atoms with Crippen molar-refractivity contribution in [3.05, 3.63) is 90.7 Å². The Hall–Kier alpha value is -4.09. The molecule has 0 aliphatic carbocycles. The number of carbonyl (C=O) groups is 1. The van der Waals surface area contributed by atoms with Gasteiger partial charge >= 0.3 is 0 Å². The number of aryl methyl sites for hydroxylation is 1. The van der Waals surface area contributed by atoms with Crippen LogP contribution in [0.4, 0.5) is 0 Å². The fourth-order valence-corrected chi connectivity index (χ4v) is 4.41. The molecule has 0 unspecified atom stereocenters. The Morgan fingerprint density at radius 2 is 1.97 bits per heavy atom. The maximum Gasteiger partial charge on any atom is 0.261 e. The third-order valence-corrected chi connectivity index (χ3v) is 6.68. The lowest BCUT2D eigenvalue weighted by atomic mass is 10.1. The Labute approximate surface area is 215 Å². The number of amides is 1. The van der Waals surface area contributed by atoms with Crippen LogP contribution in [0.5, 0.6) is 0 Å². The number of nitrogens with zero attached hydrogens (tertiary/aromatic N) is 5. The van der Waals surface area contributed by atoms with Crippen molar-refractivity contribution in [2.24, 2.45) is 0 Å². The fraction of sp³-hybridized carbons (Fsp3) is 0.214. The zero-order valence-electron chi connectivity index (χ0n) is 20.2. The molecule has 2 aromatic heterocycles. The highest BCUT2D eigenvalue weighted by molar-refractivity contribution is 7.99. The van der Waals surface area contributed by atoms with E-state index in [0.29, 0.717) is 17.8 Å². The summed E-state index contributed by atoms with van der Waals surface area (Å²) in [6.07, 6.45) is 10.7. The molecule has 36 heavy (non-hydrogen) atoms. The maximum atomic E-state index is 12.8. The first kappa shape index (κ1) is 25.0. The first-order chi connectivity index (χ1) is 17.7. The SMILES string of the molecule is CCCSc1ccc(-c2nn(-c3ccccc3)cc2C=C(C#N)C(=O)NCCCn2ccnc2)cc1. The highest BCUT2D eigenvalue weighted by Gasteiger charge is 2.15. The molecule has 4 aromatic rings. The van der Waals surface area contributed by atoms with E-state index >= 15 is 0 Å². The van der Waals surface area contributed by atoms with E-state index in [2.05, 4.69) is 35.4 Å². The van der Waals surface area contributed by atoms with E-state index in [9.17, 15) is 10.1 Å². The summed E-state index contributed by atoms with van der Waals surface area (Å²) in [5.74, 6) is 0.673. The molecule has 0 aliphatic rings. The van der Waals surface area contributed by atoms with E-state index in [1.54, 1.807) is 23.3 Å². The monoisotopic (exact) mass is 496 g/mol. The predicted molar refractivity (Wildman–Crippen MR) is 143 cm³/mol. The Bertz CT molecular complexity index is 1340. The van der Waals surface area contributed by atoms with Gasteiger partial charge in [0.1, 0.15) is 11.6 Å². The molecular formula is C28H28N6OS. The van der Waals surface area contributed by atoms with Crippen molar-refractivity contribution in [2.75, 3.05) is 12.3 Å². The summed E-state index contributed by atoms with van der Waals surface area (Å²) in [5.41, 5.74) is 3.29. The molecule has 182 valence electrons. The van der Waals surface area contributed by atoms with Crippen LogP contribution in [-0.2, 0) is 11.3 Å². The minimum atomic E-state index is -0.396.